The molecule has 4 nitrogen and oxygen atoms in total. The quantitative estimate of drug-likeness (QED) is 0.703. The van der Waals surface area contributed by atoms with E-state index in [-0.39, 0.29) is 5.91 Å². The van der Waals surface area contributed by atoms with Gasteiger partial charge in [0, 0.05) is 30.0 Å². The molecule has 138 valence electrons. The summed E-state index contributed by atoms with van der Waals surface area (Å²) >= 11 is 0. The number of primary amides is 1. The van der Waals surface area contributed by atoms with Crippen LogP contribution in [-0.4, -0.2) is 19.0 Å². The maximum atomic E-state index is 11.4. The number of hydrogen-bond acceptors (Lipinski definition) is 3. The predicted molar refractivity (Wildman–Crippen MR) is 108 cm³/mol. The highest BCUT2D eigenvalue weighted by Crippen LogP contribution is 2.34. The van der Waals surface area contributed by atoms with Gasteiger partial charge in [0.1, 0.15) is 0 Å². The molecule has 3 rings (SSSR count). The van der Waals surface area contributed by atoms with E-state index in [4.69, 9.17) is 5.73 Å². The smallest absolute Gasteiger partial charge is 0.248 e. The molecule has 0 unspecified atom stereocenters. The van der Waals surface area contributed by atoms with Crippen molar-refractivity contribution in [3.63, 3.8) is 0 Å². The van der Waals surface area contributed by atoms with Crippen molar-refractivity contribution >= 4 is 17.3 Å². The Morgan fingerprint density at radius 1 is 1.15 bits per heavy atom. The molecule has 3 N–H and O–H groups in total. The van der Waals surface area contributed by atoms with Crippen LogP contribution in [0.3, 0.4) is 0 Å². The summed E-state index contributed by atoms with van der Waals surface area (Å²) in [6.45, 7) is 5.23. The highest BCUT2D eigenvalue weighted by atomic mass is 16.1. The van der Waals surface area contributed by atoms with Crippen LogP contribution < -0.4 is 16.0 Å². The Morgan fingerprint density at radius 2 is 1.96 bits per heavy atom. The summed E-state index contributed by atoms with van der Waals surface area (Å²) < 4.78 is 0. The van der Waals surface area contributed by atoms with E-state index >= 15 is 0 Å². The number of carbonyl (C=O) groups excluding carboxylic acids is 1. The van der Waals surface area contributed by atoms with Crippen LogP contribution in [0.5, 0.6) is 0 Å². The zero-order chi connectivity index (χ0) is 18.4. The molecule has 0 fully saturated rings. The number of nitrogens with one attached hydrogen (secondary N) is 1. The van der Waals surface area contributed by atoms with Crippen molar-refractivity contribution in [2.75, 3.05) is 18.0 Å². The van der Waals surface area contributed by atoms with Gasteiger partial charge in [-0.05, 0) is 67.3 Å². The van der Waals surface area contributed by atoms with Gasteiger partial charge < -0.3 is 16.0 Å². The zero-order valence-electron chi connectivity index (χ0n) is 15.6. The number of carbonyl (C=O) groups is 1. The van der Waals surface area contributed by atoms with Gasteiger partial charge >= 0.3 is 0 Å². The number of amides is 1. The van der Waals surface area contributed by atoms with Crippen molar-refractivity contribution < 1.29 is 4.79 Å². The lowest BCUT2D eigenvalue weighted by atomic mass is 9.98. The van der Waals surface area contributed by atoms with E-state index in [0.717, 1.165) is 32.5 Å². The largest absolute Gasteiger partial charge is 0.366 e. The first-order valence-corrected chi connectivity index (χ1v) is 9.69. The van der Waals surface area contributed by atoms with Crippen LogP contribution in [0.2, 0.25) is 0 Å². The highest BCUT2D eigenvalue weighted by Gasteiger charge is 2.19. The van der Waals surface area contributed by atoms with E-state index in [1.165, 1.54) is 41.8 Å². The average molecular weight is 351 g/mol. The van der Waals surface area contributed by atoms with Crippen LogP contribution in [0.15, 0.2) is 42.5 Å². The summed E-state index contributed by atoms with van der Waals surface area (Å²) in [5, 5.41) is 3.51. The molecule has 2 aromatic carbocycles. The monoisotopic (exact) mass is 351 g/mol. The highest BCUT2D eigenvalue weighted by molar-refractivity contribution is 5.93. The number of anilines is 2. The zero-order valence-corrected chi connectivity index (χ0v) is 15.6. The topological polar surface area (TPSA) is 58.4 Å². The lowest BCUT2D eigenvalue weighted by Crippen LogP contribution is -2.25. The average Bonchev–Trinajstić information content (AvgIpc) is 2.67. The second-order valence-corrected chi connectivity index (χ2v) is 7.01. The van der Waals surface area contributed by atoms with E-state index < -0.39 is 0 Å². The van der Waals surface area contributed by atoms with E-state index in [2.05, 4.69) is 41.4 Å². The van der Waals surface area contributed by atoms with Crippen LogP contribution in [-0.2, 0) is 13.0 Å². The van der Waals surface area contributed by atoms with E-state index in [0.29, 0.717) is 5.56 Å². The molecule has 0 saturated carbocycles. The first kappa shape index (κ1) is 18.5. The van der Waals surface area contributed by atoms with Gasteiger partial charge in [-0.3, -0.25) is 4.79 Å². The van der Waals surface area contributed by atoms with E-state index in [9.17, 15) is 4.79 Å². The van der Waals surface area contributed by atoms with Crippen LogP contribution in [0.25, 0.3) is 0 Å². The second-order valence-electron chi connectivity index (χ2n) is 7.01. The number of fused-ring (bicyclic) bond motifs is 1. The standard InChI is InChI=1S/C22H29N3O/c1-2-3-4-13-24-16-17-7-10-20(11-8-17)25-14-5-6-18-15-19(22(23)26)9-12-21(18)25/h7-12,15,24H,2-6,13-14,16H2,1H3,(H2,23,26). The van der Waals surface area contributed by atoms with Gasteiger partial charge in [-0.15, -0.1) is 0 Å². The van der Waals surface area contributed by atoms with E-state index in [1.54, 1.807) is 0 Å². The molecule has 0 bridgehead atoms. The molecule has 0 aliphatic carbocycles. The number of rotatable bonds is 8. The number of aryl methyl sites for hydroxylation is 1. The molecule has 0 radical (unpaired) electrons. The van der Waals surface area contributed by atoms with Gasteiger partial charge in [-0.1, -0.05) is 31.9 Å². The number of nitrogens with two attached hydrogens (primary N) is 1. The van der Waals surface area contributed by atoms with Crippen molar-refractivity contribution in [2.24, 2.45) is 5.73 Å². The third kappa shape index (κ3) is 4.44. The first-order valence-electron chi connectivity index (χ1n) is 9.69. The van der Waals surface area contributed by atoms with E-state index in [1.807, 2.05) is 18.2 Å². The van der Waals surface area contributed by atoms with Gasteiger partial charge in [-0.2, -0.15) is 0 Å². The Balaban J connectivity index is 1.68. The molecule has 0 saturated heterocycles. The third-order valence-electron chi connectivity index (χ3n) is 5.02. The normalized spacial score (nSPS) is 13.5. The van der Waals surface area contributed by atoms with Crippen molar-refractivity contribution in [1.29, 1.82) is 0 Å². The molecule has 1 aliphatic heterocycles. The molecule has 26 heavy (non-hydrogen) atoms. The SMILES string of the molecule is CCCCCNCc1ccc(N2CCCc3cc(C(N)=O)ccc32)cc1. The molecule has 1 amide bonds. The third-order valence-corrected chi connectivity index (χ3v) is 5.02. The lowest BCUT2D eigenvalue weighted by molar-refractivity contribution is 0.1000. The summed E-state index contributed by atoms with van der Waals surface area (Å²) in [6, 6.07) is 14.6. The Morgan fingerprint density at radius 3 is 2.69 bits per heavy atom. The van der Waals surface area contributed by atoms with Crippen LogP contribution in [0.4, 0.5) is 11.4 Å². The minimum Gasteiger partial charge on any atom is -0.366 e. The van der Waals surface area contributed by atoms with Crippen LogP contribution >= 0.6 is 0 Å². The van der Waals surface area contributed by atoms with Gasteiger partial charge in [0.15, 0.2) is 0 Å². The fourth-order valence-electron chi connectivity index (χ4n) is 3.55. The summed E-state index contributed by atoms with van der Waals surface area (Å²) in [5.41, 5.74) is 10.9. The van der Waals surface area contributed by atoms with Crippen LogP contribution in [0.1, 0.15) is 54.1 Å². The predicted octanol–water partition coefficient (Wildman–Crippen LogP) is 4.15. The van der Waals surface area contributed by atoms with Gasteiger partial charge in [0.25, 0.3) is 0 Å². The lowest BCUT2D eigenvalue weighted by Gasteiger charge is -2.31. The summed E-state index contributed by atoms with van der Waals surface area (Å²) in [5.74, 6) is -0.360. The van der Waals surface area contributed by atoms with Gasteiger partial charge in [0.05, 0.1) is 0 Å². The first-order chi connectivity index (χ1) is 12.7. The van der Waals surface area contributed by atoms with Crippen molar-refractivity contribution in [3.8, 4) is 0 Å². The summed E-state index contributed by atoms with van der Waals surface area (Å²) in [4.78, 5) is 13.8. The Hall–Kier alpha value is -2.33. The molecular weight excluding hydrogens is 322 g/mol. The Labute approximate surface area is 156 Å². The molecule has 1 heterocycles. The Kier molecular flexibility index (Phi) is 6.29. The van der Waals surface area contributed by atoms with Crippen molar-refractivity contribution in [2.45, 2.75) is 45.6 Å². The number of hydrogen-bond donors (Lipinski definition) is 2. The van der Waals surface area contributed by atoms with Gasteiger partial charge in [0.2, 0.25) is 5.91 Å². The number of benzene rings is 2. The Bertz CT molecular complexity index is 740. The molecule has 2 aromatic rings. The summed E-state index contributed by atoms with van der Waals surface area (Å²) in [7, 11) is 0. The minimum atomic E-state index is -0.360. The maximum absolute atomic E-state index is 11.4. The van der Waals surface area contributed by atoms with Crippen molar-refractivity contribution in [1.82, 2.24) is 5.32 Å². The molecule has 0 atom stereocenters. The van der Waals surface area contributed by atoms with Crippen molar-refractivity contribution in [3.05, 3.63) is 59.2 Å². The fraction of sp³-hybridized carbons (Fsp3) is 0.409. The fourth-order valence-corrected chi connectivity index (χ4v) is 3.55. The molecule has 4 heteroatoms. The molecule has 1 aliphatic rings. The molecule has 0 aromatic heterocycles. The molecular formula is C22H29N3O. The van der Waals surface area contributed by atoms with Gasteiger partial charge in [-0.25, -0.2) is 0 Å². The maximum Gasteiger partial charge on any atom is 0.248 e. The van der Waals surface area contributed by atoms with Crippen LogP contribution in [0, 0.1) is 0 Å². The summed E-state index contributed by atoms with van der Waals surface area (Å²) in [6.07, 6.45) is 5.86. The minimum absolute atomic E-state index is 0.360. The number of unbranched alkanes of at least 4 members (excludes halogenated alkanes) is 2. The second kappa shape index (κ2) is 8.86. The molecule has 0 spiro atoms. The number of nitrogens with zero attached hydrogens (tertiary/aromatic N) is 1.